The van der Waals surface area contributed by atoms with E-state index in [2.05, 4.69) is 16.0 Å². The van der Waals surface area contributed by atoms with Crippen molar-refractivity contribution in [3.8, 4) is 0 Å². The van der Waals surface area contributed by atoms with Crippen LogP contribution in [0.4, 0.5) is 10.5 Å². The Kier molecular flexibility index (Phi) is 7.67. The summed E-state index contributed by atoms with van der Waals surface area (Å²) in [6.07, 6.45) is -1.05. The number of amides is 2. The molecule has 1 atom stereocenters. The average molecular weight is 446 g/mol. The zero-order valence-corrected chi connectivity index (χ0v) is 16.7. The van der Waals surface area contributed by atoms with E-state index in [-0.39, 0.29) is 11.1 Å². The van der Waals surface area contributed by atoms with Crippen molar-refractivity contribution in [3.63, 3.8) is 0 Å². The normalized spacial score (nSPS) is 16.1. The Labute approximate surface area is 171 Å². The van der Waals surface area contributed by atoms with E-state index in [1.807, 2.05) is 0 Å². The molecule has 138 valence electrons. The molecule has 0 saturated carbocycles. The van der Waals surface area contributed by atoms with Crippen molar-refractivity contribution >= 4 is 75.5 Å². The number of morpholine rings is 1. The van der Waals surface area contributed by atoms with Crippen molar-refractivity contribution in [3.05, 3.63) is 29.3 Å². The van der Waals surface area contributed by atoms with Crippen molar-refractivity contribution in [2.75, 3.05) is 31.6 Å². The molecule has 11 heteroatoms. The van der Waals surface area contributed by atoms with Gasteiger partial charge in [0.05, 0.1) is 23.9 Å². The van der Waals surface area contributed by atoms with Crippen molar-refractivity contribution < 1.29 is 9.53 Å². The van der Waals surface area contributed by atoms with E-state index in [4.69, 9.17) is 63.4 Å². The minimum atomic E-state index is -1.83. The number of carbonyl (C=O) groups excluding carboxylic acids is 1. The number of hydrogen-bond acceptors (Lipinski definition) is 3. The first kappa shape index (κ1) is 20.6. The summed E-state index contributed by atoms with van der Waals surface area (Å²) in [5.41, 5.74) is 0.587. The van der Waals surface area contributed by atoms with Gasteiger partial charge in [-0.2, -0.15) is 0 Å². The number of ether oxygens (including phenoxy) is 1. The molecule has 1 aromatic rings. The number of thiocarbonyl (C=S) groups is 1. The van der Waals surface area contributed by atoms with Crippen LogP contribution in [0.25, 0.3) is 0 Å². The molecular formula is C14H16Cl4N4O2S. The number of halogens is 4. The lowest BCUT2D eigenvalue weighted by atomic mass is 10.3. The van der Waals surface area contributed by atoms with Gasteiger partial charge >= 0.3 is 6.03 Å². The number of benzene rings is 1. The molecule has 0 unspecified atom stereocenters. The summed E-state index contributed by atoms with van der Waals surface area (Å²) < 4.78 is 3.38. The zero-order valence-electron chi connectivity index (χ0n) is 12.9. The number of alkyl halides is 3. The minimum Gasteiger partial charge on any atom is -0.378 e. The molecular weight excluding hydrogens is 430 g/mol. The fourth-order valence-corrected chi connectivity index (χ4v) is 2.77. The largest absolute Gasteiger partial charge is 0.378 e. The molecule has 0 aromatic heterocycles. The minimum absolute atomic E-state index is 0.145. The van der Waals surface area contributed by atoms with E-state index >= 15 is 0 Å². The SMILES string of the molecule is O=C(N[C@@H](NC(=S)Nc1ccccc1Cl)C(Cl)(Cl)Cl)N1CCOCC1. The number of urea groups is 1. The zero-order chi connectivity index (χ0) is 18.4. The standard InChI is InChI=1S/C14H16Cl4N4O2S/c15-9-3-1-2-4-10(9)19-12(25)20-11(14(16,17)18)21-13(23)22-5-7-24-8-6-22/h1-4,11H,5-8H2,(H,21,23)(H2,19,20,25)/t11-/m1/s1. The fraction of sp³-hybridized carbons (Fsp3) is 0.429. The lowest BCUT2D eigenvalue weighted by Crippen LogP contribution is -2.59. The lowest BCUT2D eigenvalue weighted by molar-refractivity contribution is 0.0524. The Hall–Kier alpha value is -0.700. The third kappa shape index (κ3) is 6.51. The van der Waals surface area contributed by atoms with Crippen molar-refractivity contribution in [2.24, 2.45) is 0 Å². The van der Waals surface area contributed by atoms with Gasteiger partial charge in [-0.15, -0.1) is 0 Å². The van der Waals surface area contributed by atoms with E-state index in [0.717, 1.165) is 0 Å². The van der Waals surface area contributed by atoms with Crippen LogP contribution in [0.2, 0.25) is 5.02 Å². The summed E-state index contributed by atoms with van der Waals surface area (Å²) >= 11 is 29.1. The highest BCUT2D eigenvalue weighted by molar-refractivity contribution is 7.80. The molecule has 0 radical (unpaired) electrons. The van der Waals surface area contributed by atoms with E-state index in [1.165, 1.54) is 0 Å². The second kappa shape index (κ2) is 9.30. The molecule has 1 aliphatic rings. The van der Waals surface area contributed by atoms with Gasteiger partial charge in [0.15, 0.2) is 11.3 Å². The molecule has 25 heavy (non-hydrogen) atoms. The van der Waals surface area contributed by atoms with Crippen molar-refractivity contribution in [1.29, 1.82) is 0 Å². The van der Waals surface area contributed by atoms with Gasteiger partial charge in [0.1, 0.15) is 0 Å². The number of carbonyl (C=O) groups is 1. The highest BCUT2D eigenvalue weighted by atomic mass is 35.6. The third-order valence-electron chi connectivity index (χ3n) is 3.29. The van der Waals surface area contributed by atoms with Crippen LogP contribution >= 0.6 is 58.6 Å². The van der Waals surface area contributed by atoms with Crippen LogP contribution in [0.1, 0.15) is 0 Å². The Balaban J connectivity index is 1.98. The van der Waals surface area contributed by atoms with Crippen LogP contribution in [0.15, 0.2) is 24.3 Å². The highest BCUT2D eigenvalue weighted by Crippen LogP contribution is 2.29. The maximum absolute atomic E-state index is 12.3. The summed E-state index contributed by atoms with van der Waals surface area (Å²) in [6.45, 7) is 1.85. The van der Waals surface area contributed by atoms with Crippen LogP contribution in [-0.2, 0) is 4.74 Å². The molecule has 1 fully saturated rings. The first-order valence-corrected chi connectivity index (χ1v) is 9.21. The third-order valence-corrected chi connectivity index (χ3v) is 4.50. The van der Waals surface area contributed by atoms with Crippen molar-refractivity contribution in [2.45, 2.75) is 9.96 Å². The molecule has 1 saturated heterocycles. The highest BCUT2D eigenvalue weighted by Gasteiger charge is 2.35. The second-order valence-corrected chi connectivity index (χ2v) is 8.29. The summed E-state index contributed by atoms with van der Waals surface area (Å²) in [5.74, 6) is 0. The Morgan fingerprint density at radius 2 is 1.84 bits per heavy atom. The van der Waals surface area contributed by atoms with E-state index in [9.17, 15) is 4.79 Å². The fourth-order valence-electron chi connectivity index (χ4n) is 2.03. The van der Waals surface area contributed by atoms with Gasteiger partial charge in [-0.05, 0) is 24.4 Å². The number of nitrogens with zero attached hydrogens (tertiary/aromatic N) is 1. The van der Waals surface area contributed by atoms with Gasteiger partial charge in [-0.25, -0.2) is 4.79 Å². The predicted molar refractivity (Wildman–Crippen MR) is 106 cm³/mol. The summed E-state index contributed by atoms with van der Waals surface area (Å²) in [5, 5.41) is 8.92. The molecule has 1 aliphatic heterocycles. The molecule has 0 bridgehead atoms. The van der Waals surface area contributed by atoms with E-state index < -0.39 is 9.96 Å². The molecule has 2 rings (SSSR count). The summed E-state index contributed by atoms with van der Waals surface area (Å²) in [7, 11) is 0. The number of para-hydroxylation sites is 1. The number of hydrogen-bond donors (Lipinski definition) is 3. The number of rotatable bonds is 3. The lowest BCUT2D eigenvalue weighted by Gasteiger charge is -2.32. The molecule has 2 amide bonds. The maximum Gasteiger partial charge on any atom is 0.319 e. The van der Waals surface area contributed by atoms with Crippen LogP contribution in [-0.4, -0.2) is 52.3 Å². The number of nitrogens with one attached hydrogen (secondary N) is 3. The monoisotopic (exact) mass is 444 g/mol. The molecule has 1 aromatic carbocycles. The van der Waals surface area contributed by atoms with E-state index in [1.54, 1.807) is 29.2 Å². The van der Waals surface area contributed by atoms with E-state index in [0.29, 0.717) is 37.0 Å². The van der Waals surface area contributed by atoms with Gasteiger partial charge in [0, 0.05) is 13.1 Å². The van der Waals surface area contributed by atoms with Gasteiger partial charge in [-0.1, -0.05) is 58.5 Å². The van der Waals surface area contributed by atoms with Crippen molar-refractivity contribution in [1.82, 2.24) is 15.5 Å². The predicted octanol–water partition coefficient (Wildman–Crippen LogP) is 3.36. The van der Waals surface area contributed by atoms with Gasteiger partial charge in [0.2, 0.25) is 3.79 Å². The smallest absolute Gasteiger partial charge is 0.319 e. The van der Waals surface area contributed by atoms with Crippen LogP contribution in [0.5, 0.6) is 0 Å². The molecule has 1 heterocycles. The molecule has 3 N–H and O–H groups in total. The van der Waals surface area contributed by atoms with Crippen LogP contribution in [0.3, 0.4) is 0 Å². The Bertz CT molecular complexity index is 623. The topological polar surface area (TPSA) is 65.6 Å². The molecule has 6 nitrogen and oxygen atoms in total. The first-order chi connectivity index (χ1) is 11.8. The Morgan fingerprint density at radius 1 is 1.20 bits per heavy atom. The molecule has 0 aliphatic carbocycles. The first-order valence-electron chi connectivity index (χ1n) is 7.29. The summed E-state index contributed by atoms with van der Waals surface area (Å²) in [4.78, 5) is 13.9. The summed E-state index contributed by atoms with van der Waals surface area (Å²) in [6, 6.07) is 6.65. The van der Waals surface area contributed by atoms with Gasteiger partial charge in [-0.3, -0.25) is 0 Å². The van der Waals surface area contributed by atoms with Crippen LogP contribution in [0, 0.1) is 0 Å². The Morgan fingerprint density at radius 3 is 2.44 bits per heavy atom. The molecule has 0 spiro atoms. The van der Waals surface area contributed by atoms with Crippen LogP contribution < -0.4 is 16.0 Å². The quantitative estimate of drug-likeness (QED) is 0.378. The van der Waals surface area contributed by atoms with Gasteiger partial charge < -0.3 is 25.6 Å². The average Bonchev–Trinajstić information content (AvgIpc) is 2.56. The maximum atomic E-state index is 12.3. The van der Waals surface area contributed by atoms with Gasteiger partial charge in [0.25, 0.3) is 0 Å². The number of anilines is 1. The second-order valence-electron chi connectivity index (χ2n) is 5.10.